The van der Waals surface area contributed by atoms with Crippen molar-refractivity contribution in [3.8, 4) is 0 Å². The third-order valence-electron chi connectivity index (χ3n) is 5.53. The predicted octanol–water partition coefficient (Wildman–Crippen LogP) is 6.43. The molecule has 38 heavy (non-hydrogen) atoms. The van der Waals surface area contributed by atoms with Gasteiger partial charge in [-0.15, -0.1) is 0 Å². The van der Waals surface area contributed by atoms with Crippen LogP contribution in [0.3, 0.4) is 0 Å². The molecule has 0 radical (unpaired) electrons. The van der Waals surface area contributed by atoms with Crippen LogP contribution in [0.4, 0.5) is 10.5 Å². The Kier molecular flexibility index (Phi) is 9.52. The fraction of sp³-hybridized carbons (Fsp3) is 0.310. The molecule has 0 saturated carbocycles. The van der Waals surface area contributed by atoms with E-state index in [0.717, 1.165) is 16.0 Å². The van der Waals surface area contributed by atoms with Crippen molar-refractivity contribution in [3.63, 3.8) is 0 Å². The highest BCUT2D eigenvalue weighted by atomic mass is 32.2. The highest BCUT2D eigenvalue weighted by molar-refractivity contribution is 7.99. The van der Waals surface area contributed by atoms with Crippen molar-refractivity contribution in [3.05, 3.63) is 88.0 Å². The van der Waals surface area contributed by atoms with E-state index in [4.69, 9.17) is 4.74 Å². The number of rotatable bonds is 7. The van der Waals surface area contributed by atoms with Gasteiger partial charge in [0.2, 0.25) is 5.91 Å². The van der Waals surface area contributed by atoms with Gasteiger partial charge in [-0.3, -0.25) is 14.9 Å². The molecule has 0 spiro atoms. The van der Waals surface area contributed by atoms with E-state index in [2.05, 4.69) is 6.58 Å². The van der Waals surface area contributed by atoms with Crippen molar-refractivity contribution in [2.45, 2.75) is 43.1 Å². The summed E-state index contributed by atoms with van der Waals surface area (Å²) in [6.45, 7) is 12.8. The summed E-state index contributed by atoms with van der Waals surface area (Å²) >= 11 is 1.32. The van der Waals surface area contributed by atoms with Crippen molar-refractivity contribution in [1.82, 2.24) is 9.80 Å². The maximum Gasteiger partial charge on any atom is 0.410 e. The van der Waals surface area contributed by atoms with Crippen LogP contribution >= 0.6 is 11.8 Å². The minimum atomic E-state index is -0.575. The number of nitro benzene ring substituents is 1. The lowest BCUT2D eigenvalue weighted by Gasteiger charge is -2.35. The molecule has 9 heteroatoms. The summed E-state index contributed by atoms with van der Waals surface area (Å²) in [5, 5.41) is 11.8. The molecule has 2 aromatic rings. The van der Waals surface area contributed by atoms with Crippen LogP contribution in [0.25, 0.3) is 12.2 Å². The van der Waals surface area contributed by atoms with Gasteiger partial charge in [0.05, 0.1) is 9.82 Å². The minimum absolute atomic E-state index is 0.0331. The van der Waals surface area contributed by atoms with E-state index in [-0.39, 0.29) is 17.7 Å². The van der Waals surface area contributed by atoms with E-state index in [1.165, 1.54) is 23.9 Å². The summed E-state index contributed by atoms with van der Waals surface area (Å²) < 4.78 is 5.39. The zero-order chi connectivity index (χ0) is 27.9. The molecule has 2 amide bonds. The number of nitrogens with zero attached hydrogens (tertiary/aromatic N) is 3. The van der Waals surface area contributed by atoms with Gasteiger partial charge in [-0.2, -0.15) is 0 Å². The van der Waals surface area contributed by atoms with Crippen LogP contribution in [0.5, 0.6) is 0 Å². The molecule has 0 N–H and O–H groups in total. The summed E-state index contributed by atoms with van der Waals surface area (Å²) in [5.41, 5.74) is 1.79. The molecule has 0 unspecified atom stereocenters. The van der Waals surface area contributed by atoms with E-state index >= 15 is 0 Å². The molecule has 2 aromatic carbocycles. The Balaban J connectivity index is 1.68. The monoisotopic (exact) mass is 535 g/mol. The highest BCUT2D eigenvalue weighted by Gasteiger charge is 2.27. The molecule has 1 aliphatic heterocycles. The predicted molar refractivity (Wildman–Crippen MR) is 151 cm³/mol. The first-order valence-corrected chi connectivity index (χ1v) is 13.1. The van der Waals surface area contributed by atoms with Crippen LogP contribution in [0, 0.1) is 10.1 Å². The number of hydrogen-bond acceptors (Lipinski definition) is 6. The Morgan fingerprint density at radius 2 is 1.66 bits per heavy atom. The van der Waals surface area contributed by atoms with Gasteiger partial charge in [0.15, 0.2) is 0 Å². The Bertz CT molecular complexity index is 1270. The lowest BCUT2D eigenvalue weighted by atomic mass is 10.2. The summed E-state index contributed by atoms with van der Waals surface area (Å²) in [7, 11) is 0. The molecule has 1 fully saturated rings. The zero-order valence-electron chi connectivity index (χ0n) is 22.2. The molecule has 3 rings (SSSR count). The smallest absolute Gasteiger partial charge is 0.410 e. The van der Waals surface area contributed by atoms with Gasteiger partial charge in [0.25, 0.3) is 5.69 Å². The van der Waals surface area contributed by atoms with Gasteiger partial charge in [0, 0.05) is 43.2 Å². The molecular weight excluding hydrogens is 502 g/mol. The Hall–Kier alpha value is -3.85. The number of amides is 2. The molecular formula is C29H33N3O5S. The number of nitro groups is 1. The van der Waals surface area contributed by atoms with Crippen LogP contribution in [-0.2, 0) is 9.53 Å². The number of ether oxygens (including phenoxy) is 1. The average molecular weight is 536 g/mol. The van der Waals surface area contributed by atoms with E-state index < -0.39 is 10.5 Å². The van der Waals surface area contributed by atoms with Crippen LogP contribution in [0.2, 0.25) is 0 Å². The van der Waals surface area contributed by atoms with E-state index in [0.29, 0.717) is 36.6 Å². The number of piperazine rings is 1. The second kappa shape index (κ2) is 12.6. The second-order valence-corrected chi connectivity index (χ2v) is 11.0. The SMILES string of the molecule is C=C(C)C=Cc1ccccc1Sc1ccc(/C=C/C(=O)N2CCN(C(=O)OC(C)(C)C)CC2)cc1[N+](=O)[O-]. The largest absolute Gasteiger partial charge is 0.444 e. The van der Waals surface area contributed by atoms with Crippen molar-refractivity contribution in [1.29, 1.82) is 0 Å². The lowest BCUT2D eigenvalue weighted by Crippen LogP contribution is -2.51. The third-order valence-corrected chi connectivity index (χ3v) is 6.68. The number of benzene rings is 2. The molecule has 8 nitrogen and oxygen atoms in total. The summed E-state index contributed by atoms with van der Waals surface area (Å²) in [6.07, 6.45) is 6.43. The molecule has 1 aliphatic rings. The Labute approximate surface area is 227 Å². The van der Waals surface area contributed by atoms with Gasteiger partial charge >= 0.3 is 6.09 Å². The maximum atomic E-state index is 12.7. The molecule has 1 heterocycles. The average Bonchev–Trinajstić information content (AvgIpc) is 2.86. The second-order valence-electron chi connectivity index (χ2n) is 9.93. The fourth-order valence-electron chi connectivity index (χ4n) is 3.64. The van der Waals surface area contributed by atoms with Crippen LogP contribution in [0.1, 0.15) is 38.8 Å². The first-order valence-electron chi connectivity index (χ1n) is 12.3. The quantitative estimate of drug-likeness (QED) is 0.176. The van der Waals surface area contributed by atoms with E-state index in [1.807, 2.05) is 64.1 Å². The van der Waals surface area contributed by atoms with Gasteiger partial charge in [-0.25, -0.2) is 4.79 Å². The summed E-state index contributed by atoms with van der Waals surface area (Å²) in [5.74, 6) is -0.215. The zero-order valence-corrected chi connectivity index (χ0v) is 23.0. The fourth-order valence-corrected chi connectivity index (χ4v) is 4.65. The molecule has 1 saturated heterocycles. The summed E-state index contributed by atoms with van der Waals surface area (Å²) in [4.78, 5) is 41.0. The third kappa shape index (κ3) is 8.34. The first-order chi connectivity index (χ1) is 17.9. The number of carbonyl (C=O) groups excluding carboxylic acids is 2. The molecule has 0 atom stereocenters. The van der Waals surface area contributed by atoms with Crippen LogP contribution < -0.4 is 0 Å². The normalized spacial score (nSPS) is 14.2. The standard InChI is InChI=1S/C29H33N3O5S/c1-21(2)10-13-23-8-6-7-9-25(23)38-26-14-11-22(20-24(26)32(35)36)12-15-27(33)30-16-18-31(19-17-30)28(34)37-29(3,4)5/h6-15,20H,1,16-19H2,2-5H3/b13-10?,15-12+. The summed E-state index contributed by atoms with van der Waals surface area (Å²) in [6, 6.07) is 12.6. The molecule has 0 aliphatic carbocycles. The number of allylic oxidation sites excluding steroid dienone is 2. The van der Waals surface area contributed by atoms with Gasteiger partial charge in [0.1, 0.15) is 5.60 Å². The molecule has 0 bridgehead atoms. The van der Waals surface area contributed by atoms with E-state index in [9.17, 15) is 19.7 Å². The molecule has 0 aromatic heterocycles. The number of hydrogen-bond donors (Lipinski definition) is 0. The number of carbonyl (C=O) groups is 2. The Morgan fingerprint density at radius 3 is 2.29 bits per heavy atom. The van der Waals surface area contributed by atoms with Crippen LogP contribution in [-0.4, -0.2) is 58.5 Å². The molecule has 200 valence electrons. The van der Waals surface area contributed by atoms with Gasteiger partial charge in [-0.05, 0) is 57.0 Å². The minimum Gasteiger partial charge on any atom is -0.444 e. The van der Waals surface area contributed by atoms with Crippen LogP contribution in [0.15, 0.2) is 76.6 Å². The van der Waals surface area contributed by atoms with E-state index in [1.54, 1.807) is 28.0 Å². The highest BCUT2D eigenvalue weighted by Crippen LogP contribution is 2.37. The van der Waals surface area contributed by atoms with Gasteiger partial charge < -0.3 is 14.5 Å². The van der Waals surface area contributed by atoms with Crippen molar-refractivity contribution < 1.29 is 19.2 Å². The maximum absolute atomic E-state index is 12.7. The Morgan fingerprint density at radius 1 is 1.00 bits per heavy atom. The first kappa shape index (κ1) is 28.7. The van der Waals surface area contributed by atoms with Crippen molar-refractivity contribution in [2.24, 2.45) is 0 Å². The topological polar surface area (TPSA) is 93.0 Å². The lowest BCUT2D eigenvalue weighted by molar-refractivity contribution is -0.387. The van der Waals surface area contributed by atoms with Gasteiger partial charge in [-0.1, -0.05) is 60.3 Å². The van der Waals surface area contributed by atoms with Crippen molar-refractivity contribution >= 4 is 41.6 Å². The van der Waals surface area contributed by atoms with Crippen molar-refractivity contribution in [2.75, 3.05) is 26.2 Å².